The molecule has 1 N–H and O–H groups in total. The molecule has 0 heterocycles. The minimum atomic E-state index is -0.515. The Balaban J connectivity index is 1.80. The number of aryl methyl sites for hydroxylation is 1. The summed E-state index contributed by atoms with van der Waals surface area (Å²) in [6.45, 7) is 3.97. The zero-order chi connectivity index (χ0) is 17.3. The lowest BCUT2D eigenvalue weighted by Crippen LogP contribution is -2.36. The molecule has 0 spiro atoms. The number of nitrogens with one attached hydrogen (secondary N) is 1. The van der Waals surface area contributed by atoms with Gasteiger partial charge in [0.1, 0.15) is 11.6 Å². The van der Waals surface area contributed by atoms with Gasteiger partial charge in [-0.25, -0.2) is 4.39 Å². The Bertz CT molecular complexity index is 751. The van der Waals surface area contributed by atoms with Crippen molar-refractivity contribution in [2.45, 2.75) is 38.1 Å². The summed E-state index contributed by atoms with van der Waals surface area (Å²) in [5.74, 6) is 0.470. The van der Waals surface area contributed by atoms with Gasteiger partial charge in [0.05, 0.1) is 18.6 Å². The van der Waals surface area contributed by atoms with Crippen molar-refractivity contribution in [2.75, 3.05) is 7.11 Å². The number of rotatable bonds is 5. The zero-order valence-electron chi connectivity index (χ0n) is 14.2. The van der Waals surface area contributed by atoms with Gasteiger partial charge >= 0.3 is 0 Å². The fourth-order valence-corrected chi connectivity index (χ4v) is 3.15. The molecule has 126 valence electrons. The van der Waals surface area contributed by atoms with Gasteiger partial charge in [0.2, 0.25) is 5.91 Å². The van der Waals surface area contributed by atoms with E-state index in [1.54, 1.807) is 19.2 Å². The number of benzene rings is 2. The maximum Gasteiger partial charge on any atom is 0.231 e. The second-order valence-electron chi connectivity index (χ2n) is 6.53. The van der Waals surface area contributed by atoms with Gasteiger partial charge < -0.3 is 10.1 Å². The van der Waals surface area contributed by atoms with Crippen LogP contribution in [0.2, 0.25) is 0 Å². The summed E-state index contributed by atoms with van der Waals surface area (Å²) in [5.41, 5.74) is 2.44. The largest absolute Gasteiger partial charge is 0.496 e. The van der Waals surface area contributed by atoms with Gasteiger partial charge in [0.25, 0.3) is 0 Å². The second kappa shape index (κ2) is 6.27. The van der Waals surface area contributed by atoms with Crippen LogP contribution in [0.4, 0.5) is 4.39 Å². The molecule has 1 saturated carbocycles. The fourth-order valence-electron chi connectivity index (χ4n) is 3.15. The van der Waals surface area contributed by atoms with E-state index in [0.29, 0.717) is 0 Å². The van der Waals surface area contributed by atoms with Crippen LogP contribution in [0.1, 0.15) is 42.5 Å². The summed E-state index contributed by atoms with van der Waals surface area (Å²) in [6.07, 6.45) is 1.59. The summed E-state index contributed by atoms with van der Waals surface area (Å²) in [5, 5.41) is 3.10. The van der Waals surface area contributed by atoms with Gasteiger partial charge in [-0.1, -0.05) is 29.8 Å². The van der Waals surface area contributed by atoms with Gasteiger partial charge in [-0.3, -0.25) is 4.79 Å². The van der Waals surface area contributed by atoms with Crippen molar-refractivity contribution in [3.05, 3.63) is 65.0 Å². The number of carbonyl (C=O) groups is 1. The maximum absolute atomic E-state index is 13.1. The number of hydrogen-bond donors (Lipinski definition) is 1. The van der Waals surface area contributed by atoms with E-state index in [1.165, 1.54) is 12.1 Å². The molecule has 1 atom stereocenters. The Kier molecular flexibility index (Phi) is 4.31. The molecule has 3 nitrogen and oxygen atoms in total. The fraction of sp³-hybridized carbons (Fsp3) is 0.350. The molecule has 0 saturated heterocycles. The predicted octanol–water partition coefficient (Wildman–Crippen LogP) is 4.05. The minimum absolute atomic E-state index is 0.00910. The molecule has 2 aromatic carbocycles. The number of amides is 1. The van der Waals surface area contributed by atoms with Gasteiger partial charge in [-0.2, -0.15) is 0 Å². The van der Waals surface area contributed by atoms with Crippen LogP contribution in [0, 0.1) is 12.7 Å². The van der Waals surface area contributed by atoms with E-state index in [4.69, 9.17) is 4.74 Å². The van der Waals surface area contributed by atoms with Gasteiger partial charge in [-0.15, -0.1) is 0 Å². The van der Waals surface area contributed by atoms with Crippen LogP contribution in [0.25, 0.3) is 0 Å². The van der Waals surface area contributed by atoms with Crippen molar-refractivity contribution in [1.29, 1.82) is 0 Å². The molecule has 0 bridgehead atoms. The number of hydrogen-bond acceptors (Lipinski definition) is 2. The van der Waals surface area contributed by atoms with Crippen molar-refractivity contribution < 1.29 is 13.9 Å². The van der Waals surface area contributed by atoms with E-state index in [1.807, 2.05) is 32.0 Å². The first-order valence-electron chi connectivity index (χ1n) is 8.18. The van der Waals surface area contributed by atoms with E-state index in [-0.39, 0.29) is 17.8 Å². The summed E-state index contributed by atoms with van der Waals surface area (Å²) in [6, 6.07) is 12.0. The normalized spacial score (nSPS) is 16.3. The van der Waals surface area contributed by atoms with E-state index in [9.17, 15) is 9.18 Å². The molecule has 0 aliphatic heterocycles. The summed E-state index contributed by atoms with van der Waals surface area (Å²) < 4.78 is 18.5. The molecule has 3 rings (SSSR count). The van der Waals surface area contributed by atoms with Crippen molar-refractivity contribution in [1.82, 2.24) is 5.32 Å². The van der Waals surface area contributed by atoms with Crippen LogP contribution in [0.15, 0.2) is 42.5 Å². The SMILES string of the molecule is COc1ccc(C)cc1C(C)NC(=O)C1(c2ccc(F)cc2)CC1. The molecule has 4 heteroatoms. The molecule has 0 radical (unpaired) electrons. The van der Waals surface area contributed by atoms with Crippen molar-refractivity contribution in [3.8, 4) is 5.75 Å². The Morgan fingerprint density at radius 3 is 2.46 bits per heavy atom. The third-order valence-electron chi connectivity index (χ3n) is 4.78. The van der Waals surface area contributed by atoms with E-state index < -0.39 is 5.41 Å². The monoisotopic (exact) mass is 327 g/mol. The Morgan fingerprint density at radius 2 is 1.88 bits per heavy atom. The lowest BCUT2D eigenvalue weighted by molar-refractivity contribution is -0.124. The number of ether oxygens (including phenoxy) is 1. The molecular weight excluding hydrogens is 305 g/mol. The summed E-state index contributed by atoms with van der Waals surface area (Å²) >= 11 is 0. The van der Waals surface area contributed by atoms with Crippen LogP contribution in [-0.4, -0.2) is 13.0 Å². The van der Waals surface area contributed by atoms with Gasteiger partial charge in [0.15, 0.2) is 0 Å². The first-order valence-corrected chi connectivity index (χ1v) is 8.18. The molecule has 1 amide bonds. The maximum atomic E-state index is 13.1. The van der Waals surface area contributed by atoms with Crippen LogP contribution in [-0.2, 0) is 10.2 Å². The topological polar surface area (TPSA) is 38.3 Å². The Hall–Kier alpha value is -2.36. The van der Waals surface area contributed by atoms with Crippen molar-refractivity contribution in [3.63, 3.8) is 0 Å². The summed E-state index contributed by atoms with van der Waals surface area (Å²) in [4.78, 5) is 12.8. The highest BCUT2D eigenvalue weighted by molar-refractivity contribution is 5.91. The molecule has 1 aliphatic carbocycles. The van der Waals surface area contributed by atoms with Crippen molar-refractivity contribution >= 4 is 5.91 Å². The first-order chi connectivity index (χ1) is 11.5. The Labute approximate surface area is 141 Å². The van der Waals surface area contributed by atoms with E-state index in [0.717, 1.165) is 35.3 Å². The number of methoxy groups -OCH3 is 1. The highest BCUT2D eigenvalue weighted by atomic mass is 19.1. The van der Waals surface area contributed by atoms with E-state index in [2.05, 4.69) is 5.32 Å². The lowest BCUT2D eigenvalue weighted by atomic mass is 9.94. The smallest absolute Gasteiger partial charge is 0.231 e. The average molecular weight is 327 g/mol. The quantitative estimate of drug-likeness (QED) is 0.899. The standard InChI is InChI=1S/C20H22FNO2/c1-13-4-9-18(24-3)17(12-13)14(2)22-19(23)20(10-11-20)15-5-7-16(21)8-6-15/h4-9,12,14H,10-11H2,1-3H3,(H,22,23). The molecule has 1 fully saturated rings. The number of carbonyl (C=O) groups excluding carboxylic acids is 1. The molecule has 2 aromatic rings. The van der Waals surface area contributed by atoms with Crippen LogP contribution >= 0.6 is 0 Å². The molecule has 0 aromatic heterocycles. The first kappa shape index (κ1) is 16.5. The van der Waals surface area contributed by atoms with E-state index >= 15 is 0 Å². The lowest BCUT2D eigenvalue weighted by Gasteiger charge is -2.22. The van der Waals surface area contributed by atoms with Crippen LogP contribution < -0.4 is 10.1 Å². The number of halogens is 1. The van der Waals surface area contributed by atoms with Gasteiger partial charge in [-0.05, 0) is 50.5 Å². The molecular formula is C20H22FNO2. The third-order valence-corrected chi connectivity index (χ3v) is 4.78. The zero-order valence-corrected chi connectivity index (χ0v) is 14.2. The molecule has 1 aliphatic rings. The molecule has 1 unspecified atom stereocenters. The Morgan fingerprint density at radius 1 is 1.21 bits per heavy atom. The summed E-state index contributed by atoms with van der Waals surface area (Å²) in [7, 11) is 1.63. The third kappa shape index (κ3) is 3.01. The second-order valence-corrected chi connectivity index (χ2v) is 6.53. The van der Waals surface area contributed by atoms with Crippen molar-refractivity contribution in [2.24, 2.45) is 0 Å². The van der Waals surface area contributed by atoms with Gasteiger partial charge in [0, 0.05) is 5.56 Å². The minimum Gasteiger partial charge on any atom is -0.496 e. The highest BCUT2D eigenvalue weighted by Gasteiger charge is 2.51. The molecule has 24 heavy (non-hydrogen) atoms. The highest BCUT2D eigenvalue weighted by Crippen LogP contribution is 2.48. The predicted molar refractivity (Wildman–Crippen MR) is 91.6 cm³/mol. The van der Waals surface area contributed by atoms with Crippen LogP contribution in [0.5, 0.6) is 5.75 Å². The van der Waals surface area contributed by atoms with Crippen LogP contribution in [0.3, 0.4) is 0 Å². The average Bonchev–Trinajstić information content (AvgIpc) is 3.37.